The van der Waals surface area contributed by atoms with Gasteiger partial charge >= 0.3 is 0 Å². The van der Waals surface area contributed by atoms with Crippen molar-refractivity contribution in [2.75, 3.05) is 19.0 Å². The minimum Gasteiger partial charge on any atom is -0.497 e. The number of hydrogen-bond acceptors (Lipinski definition) is 5. The van der Waals surface area contributed by atoms with Crippen LogP contribution in [0.5, 0.6) is 11.5 Å². The zero-order valence-electron chi connectivity index (χ0n) is 15.1. The molecule has 0 fully saturated rings. The van der Waals surface area contributed by atoms with Crippen molar-refractivity contribution in [2.45, 2.75) is 12.8 Å². The highest BCUT2D eigenvalue weighted by Crippen LogP contribution is 2.17. The molecule has 0 aliphatic carbocycles. The van der Waals surface area contributed by atoms with Gasteiger partial charge in [0.25, 0.3) is 0 Å². The molecule has 1 amide bonds. The first-order chi connectivity index (χ1) is 13.2. The number of carbonyl (C=O) groups excluding carboxylic acids is 1. The average Bonchev–Trinajstić information content (AvgIpc) is 2.73. The highest BCUT2D eigenvalue weighted by Gasteiger charge is 2.05. The monoisotopic (exact) mass is 363 g/mol. The summed E-state index contributed by atoms with van der Waals surface area (Å²) in [6, 6.07) is 17.0. The summed E-state index contributed by atoms with van der Waals surface area (Å²) in [7, 11) is 1.62. The fourth-order valence-corrected chi connectivity index (χ4v) is 2.45. The third kappa shape index (κ3) is 5.54. The molecule has 1 aromatic heterocycles. The van der Waals surface area contributed by atoms with Crippen LogP contribution >= 0.6 is 0 Å². The highest BCUT2D eigenvalue weighted by molar-refractivity contribution is 5.90. The minimum atomic E-state index is -0.0932. The summed E-state index contributed by atoms with van der Waals surface area (Å²) in [6.45, 7) is 0.462. The second-order valence-electron chi connectivity index (χ2n) is 5.84. The van der Waals surface area contributed by atoms with Crippen LogP contribution in [0.4, 0.5) is 5.69 Å². The SMILES string of the molecule is COc1ccc(OCCCC(=O)Nc2cnc(-c3ccccc3)nc2)cc1. The van der Waals surface area contributed by atoms with E-state index in [4.69, 9.17) is 9.47 Å². The van der Waals surface area contributed by atoms with E-state index in [0.29, 0.717) is 31.0 Å². The average molecular weight is 363 g/mol. The van der Waals surface area contributed by atoms with Crippen LogP contribution < -0.4 is 14.8 Å². The molecule has 1 heterocycles. The number of rotatable bonds is 8. The number of aromatic nitrogens is 2. The van der Waals surface area contributed by atoms with Gasteiger partial charge in [-0.15, -0.1) is 0 Å². The van der Waals surface area contributed by atoms with Crippen LogP contribution in [0.2, 0.25) is 0 Å². The second-order valence-corrected chi connectivity index (χ2v) is 5.84. The maximum Gasteiger partial charge on any atom is 0.224 e. The molecular formula is C21H21N3O3. The van der Waals surface area contributed by atoms with Crippen LogP contribution in [-0.4, -0.2) is 29.6 Å². The Balaban J connectivity index is 1.41. The zero-order chi connectivity index (χ0) is 18.9. The molecule has 3 rings (SSSR count). The maximum absolute atomic E-state index is 12.0. The first kappa shape index (κ1) is 18.4. The van der Waals surface area contributed by atoms with E-state index in [2.05, 4.69) is 15.3 Å². The second kappa shape index (κ2) is 9.33. The molecule has 0 atom stereocenters. The van der Waals surface area contributed by atoms with Crippen LogP contribution in [0.3, 0.4) is 0 Å². The van der Waals surface area contributed by atoms with Crippen molar-refractivity contribution in [1.29, 1.82) is 0 Å². The lowest BCUT2D eigenvalue weighted by Gasteiger charge is -2.08. The van der Waals surface area contributed by atoms with Gasteiger partial charge in [-0.25, -0.2) is 9.97 Å². The van der Waals surface area contributed by atoms with Gasteiger partial charge in [0.15, 0.2) is 5.82 Å². The number of benzene rings is 2. The molecule has 2 aromatic carbocycles. The molecule has 3 aromatic rings. The van der Waals surface area contributed by atoms with Crippen LogP contribution in [0.25, 0.3) is 11.4 Å². The molecule has 6 heteroatoms. The number of ether oxygens (including phenoxy) is 2. The van der Waals surface area contributed by atoms with Gasteiger partial charge < -0.3 is 14.8 Å². The van der Waals surface area contributed by atoms with Crippen molar-refractivity contribution < 1.29 is 14.3 Å². The van der Waals surface area contributed by atoms with Gasteiger partial charge in [-0.2, -0.15) is 0 Å². The lowest BCUT2D eigenvalue weighted by atomic mass is 10.2. The summed E-state index contributed by atoms with van der Waals surface area (Å²) in [4.78, 5) is 20.6. The van der Waals surface area contributed by atoms with E-state index in [1.165, 1.54) is 0 Å². The summed E-state index contributed by atoms with van der Waals surface area (Å²) in [6.07, 6.45) is 4.19. The number of anilines is 1. The Hall–Kier alpha value is -3.41. The predicted octanol–water partition coefficient (Wildman–Crippen LogP) is 3.95. The molecule has 0 unspecified atom stereocenters. The van der Waals surface area contributed by atoms with E-state index in [-0.39, 0.29) is 5.91 Å². The van der Waals surface area contributed by atoms with Crippen molar-refractivity contribution in [2.24, 2.45) is 0 Å². The number of nitrogens with zero attached hydrogens (tertiary/aromatic N) is 2. The third-order valence-corrected chi connectivity index (χ3v) is 3.84. The first-order valence-electron chi connectivity index (χ1n) is 8.69. The molecule has 27 heavy (non-hydrogen) atoms. The van der Waals surface area contributed by atoms with E-state index in [0.717, 1.165) is 17.1 Å². The van der Waals surface area contributed by atoms with Crippen molar-refractivity contribution in [3.8, 4) is 22.9 Å². The van der Waals surface area contributed by atoms with Gasteiger partial charge in [0, 0.05) is 12.0 Å². The van der Waals surface area contributed by atoms with E-state index in [1.54, 1.807) is 19.5 Å². The molecule has 0 aliphatic heterocycles. The van der Waals surface area contributed by atoms with Crippen LogP contribution in [0.15, 0.2) is 67.0 Å². The molecule has 138 valence electrons. The lowest BCUT2D eigenvalue weighted by molar-refractivity contribution is -0.116. The van der Waals surface area contributed by atoms with Crippen LogP contribution in [0, 0.1) is 0 Å². The molecule has 6 nitrogen and oxygen atoms in total. The molecular weight excluding hydrogens is 342 g/mol. The Kier molecular flexibility index (Phi) is 6.35. The van der Waals surface area contributed by atoms with E-state index in [9.17, 15) is 4.79 Å². The quantitative estimate of drug-likeness (QED) is 0.614. The molecule has 0 bridgehead atoms. The summed E-state index contributed by atoms with van der Waals surface area (Å²) in [5.74, 6) is 2.06. The summed E-state index contributed by atoms with van der Waals surface area (Å²) >= 11 is 0. The molecule has 0 saturated carbocycles. The smallest absolute Gasteiger partial charge is 0.224 e. The number of methoxy groups -OCH3 is 1. The Morgan fingerprint density at radius 2 is 1.63 bits per heavy atom. The fourth-order valence-electron chi connectivity index (χ4n) is 2.45. The van der Waals surface area contributed by atoms with Crippen LogP contribution in [0.1, 0.15) is 12.8 Å². The maximum atomic E-state index is 12.0. The Morgan fingerprint density at radius 1 is 0.963 bits per heavy atom. The minimum absolute atomic E-state index is 0.0932. The normalized spacial score (nSPS) is 10.3. The molecule has 0 spiro atoms. The first-order valence-corrected chi connectivity index (χ1v) is 8.69. The Bertz CT molecular complexity index is 850. The van der Waals surface area contributed by atoms with Crippen molar-refractivity contribution >= 4 is 11.6 Å². The van der Waals surface area contributed by atoms with E-state index >= 15 is 0 Å². The molecule has 0 aliphatic rings. The summed E-state index contributed by atoms with van der Waals surface area (Å²) in [5, 5.41) is 2.80. The predicted molar refractivity (Wildman–Crippen MR) is 104 cm³/mol. The number of carbonyl (C=O) groups is 1. The standard InChI is InChI=1S/C21H21N3O3/c1-26-18-9-11-19(12-10-18)27-13-5-8-20(25)24-17-14-22-21(23-15-17)16-6-3-2-4-7-16/h2-4,6-7,9-12,14-15H,5,8,13H2,1H3,(H,24,25). The van der Waals surface area contributed by atoms with Crippen molar-refractivity contribution in [3.63, 3.8) is 0 Å². The molecule has 0 saturated heterocycles. The number of hydrogen-bond donors (Lipinski definition) is 1. The van der Waals surface area contributed by atoms with Crippen molar-refractivity contribution in [3.05, 3.63) is 67.0 Å². The van der Waals surface area contributed by atoms with E-state index in [1.807, 2.05) is 54.6 Å². The largest absolute Gasteiger partial charge is 0.497 e. The number of amides is 1. The zero-order valence-corrected chi connectivity index (χ0v) is 15.1. The topological polar surface area (TPSA) is 73.3 Å². The number of nitrogens with one attached hydrogen (secondary N) is 1. The Labute approximate surface area is 158 Å². The van der Waals surface area contributed by atoms with E-state index < -0.39 is 0 Å². The van der Waals surface area contributed by atoms with Gasteiger partial charge in [-0.05, 0) is 30.7 Å². The van der Waals surface area contributed by atoms with Gasteiger partial charge in [-0.1, -0.05) is 30.3 Å². The highest BCUT2D eigenvalue weighted by atomic mass is 16.5. The summed E-state index contributed by atoms with van der Waals surface area (Å²) in [5.41, 5.74) is 1.52. The van der Waals surface area contributed by atoms with Gasteiger partial charge in [0.05, 0.1) is 31.8 Å². The lowest BCUT2D eigenvalue weighted by Crippen LogP contribution is -2.13. The van der Waals surface area contributed by atoms with Crippen molar-refractivity contribution in [1.82, 2.24) is 9.97 Å². The van der Waals surface area contributed by atoms with Gasteiger partial charge in [0.1, 0.15) is 11.5 Å². The Morgan fingerprint density at radius 3 is 2.30 bits per heavy atom. The summed E-state index contributed by atoms with van der Waals surface area (Å²) < 4.78 is 10.7. The fraction of sp³-hybridized carbons (Fsp3) is 0.190. The van der Waals surface area contributed by atoms with Gasteiger partial charge in [0.2, 0.25) is 5.91 Å². The third-order valence-electron chi connectivity index (χ3n) is 3.84. The van der Waals surface area contributed by atoms with Crippen LogP contribution in [-0.2, 0) is 4.79 Å². The molecule has 1 N–H and O–H groups in total. The molecule has 0 radical (unpaired) electrons. The van der Waals surface area contributed by atoms with Gasteiger partial charge in [-0.3, -0.25) is 4.79 Å².